The maximum absolute atomic E-state index is 13.0. The smallest absolute Gasteiger partial charge is 0.422 e. The molecule has 1 N–H and O–H groups in total. The van der Waals surface area contributed by atoms with Crippen molar-refractivity contribution < 1.29 is 14.1 Å². The van der Waals surface area contributed by atoms with E-state index in [1.165, 1.54) is 17.3 Å². The molecular formula is C24H26N8O3S. The van der Waals surface area contributed by atoms with Crippen molar-refractivity contribution in [3.8, 4) is 11.3 Å². The van der Waals surface area contributed by atoms with Gasteiger partial charge < -0.3 is 9.29 Å². The number of ether oxygens (including phenoxy) is 1. The van der Waals surface area contributed by atoms with Gasteiger partial charge in [0, 0.05) is 43.0 Å². The first kappa shape index (κ1) is 25.1. The van der Waals surface area contributed by atoms with Crippen molar-refractivity contribution in [3.63, 3.8) is 0 Å². The van der Waals surface area contributed by atoms with E-state index in [4.69, 9.17) is 4.74 Å². The van der Waals surface area contributed by atoms with Crippen molar-refractivity contribution in [1.82, 2.24) is 29.7 Å². The van der Waals surface area contributed by atoms with Crippen LogP contribution >= 0.6 is 0 Å². The normalized spacial score (nSPS) is 12.1. The Morgan fingerprint density at radius 2 is 1.83 bits per heavy atom. The third-order valence-electron chi connectivity index (χ3n) is 4.66. The number of aromatic nitrogens is 6. The fourth-order valence-electron chi connectivity index (χ4n) is 3.13. The standard InChI is InChI=1S/C24H26N8O3S/c1-24(2,3)35-23(33)32(19-14-28-31(4)15-19)22-25-11-10-20(29-22)18-12-26-21(27-13-18)30-36(34)16-17-8-6-5-7-9-17/h5-15H,16H2,1-4H3,(H,26,27,30). The van der Waals surface area contributed by atoms with Gasteiger partial charge in [0.2, 0.25) is 5.95 Å². The van der Waals surface area contributed by atoms with E-state index in [9.17, 15) is 9.35 Å². The molecular weight excluding hydrogens is 480 g/mol. The van der Waals surface area contributed by atoms with Crippen LogP contribution in [0.4, 0.5) is 22.4 Å². The molecule has 0 aliphatic carbocycles. The Hall–Kier alpha value is -4.03. The summed E-state index contributed by atoms with van der Waals surface area (Å²) >= 11 is -1.38. The van der Waals surface area contributed by atoms with E-state index in [2.05, 4.69) is 29.8 Å². The minimum Gasteiger partial charge on any atom is -0.593 e. The number of anilines is 3. The Balaban J connectivity index is 1.54. The molecule has 0 bridgehead atoms. The first-order chi connectivity index (χ1) is 17.2. The van der Waals surface area contributed by atoms with Gasteiger partial charge in [-0.3, -0.25) is 4.68 Å². The fraction of sp³-hybridized carbons (Fsp3) is 0.250. The SMILES string of the molecule is Cn1cc(N(C(=O)OC(C)(C)C)c2nccc(-c3cnc(N[S+]([O-])Cc4ccccc4)nc3)n2)cn1. The molecule has 1 amide bonds. The average molecular weight is 507 g/mol. The third-order valence-corrected chi connectivity index (χ3v) is 5.67. The van der Waals surface area contributed by atoms with Gasteiger partial charge in [-0.25, -0.2) is 29.6 Å². The Labute approximate surface area is 211 Å². The summed E-state index contributed by atoms with van der Waals surface area (Å²) in [5.74, 6) is 0.671. The molecule has 0 spiro atoms. The second kappa shape index (κ2) is 10.7. The van der Waals surface area contributed by atoms with Crippen LogP contribution in [0.25, 0.3) is 11.3 Å². The van der Waals surface area contributed by atoms with Gasteiger partial charge in [-0.2, -0.15) is 9.82 Å². The Kier molecular flexibility index (Phi) is 7.46. The zero-order chi connectivity index (χ0) is 25.7. The molecule has 1 aromatic carbocycles. The summed E-state index contributed by atoms with van der Waals surface area (Å²) < 4.78 is 22.3. The van der Waals surface area contributed by atoms with Gasteiger partial charge in [-0.1, -0.05) is 30.3 Å². The molecule has 0 radical (unpaired) electrons. The van der Waals surface area contributed by atoms with Gasteiger partial charge in [0.15, 0.2) is 5.75 Å². The summed E-state index contributed by atoms with van der Waals surface area (Å²) in [6.45, 7) is 5.34. The molecule has 1 atom stereocenters. The highest BCUT2D eigenvalue weighted by molar-refractivity contribution is 7.91. The Bertz CT molecular complexity index is 1310. The molecule has 0 fully saturated rings. The summed E-state index contributed by atoms with van der Waals surface area (Å²) in [5.41, 5.74) is 1.77. The van der Waals surface area contributed by atoms with E-state index in [0.29, 0.717) is 22.7 Å². The van der Waals surface area contributed by atoms with E-state index in [1.807, 2.05) is 30.3 Å². The lowest BCUT2D eigenvalue weighted by molar-refractivity contribution is 0.0597. The number of aryl methyl sites for hydroxylation is 1. The Morgan fingerprint density at radius 1 is 1.11 bits per heavy atom. The summed E-state index contributed by atoms with van der Waals surface area (Å²) in [6.07, 6.45) is 7.21. The first-order valence-electron chi connectivity index (χ1n) is 11.0. The zero-order valence-corrected chi connectivity index (χ0v) is 21.1. The van der Waals surface area contributed by atoms with Gasteiger partial charge in [0.25, 0.3) is 5.95 Å². The molecule has 0 aliphatic rings. The maximum atomic E-state index is 13.0. The molecule has 0 saturated carbocycles. The number of carbonyl (C=O) groups is 1. The van der Waals surface area contributed by atoms with E-state index in [-0.39, 0.29) is 11.9 Å². The minimum atomic E-state index is -1.38. The maximum Gasteiger partial charge on any atom is 0.422 e. The minimum absolute atomic E-state index is 0.112. The topological polar surface area (TPSA) is 134 Å². The predicted molar refractivity (Wildman–Crippen MR) is 137 cm³/mol. The van der Waals surface area contributed by atoms with Crippen LogP contribution in [-0.4, -0.2) is 46.0 Å². The molecule has 186 valence electrons. The first-order valence-corrected chi connectivity index (χ1v) is 12.4. The molecule has 0 aliphatic heterocycles. The van der Waals surface area contributed by atoms with Gasteiger partial charge in [-0.15, -0.1) is 0 Å². The average Bonchev–Trinajstić information content (AvgIpc) is 3.25. The summed E-state index contributed by atoms with van der Waals surface area (Å²) in [7, 11) is 1.74. The number of hydrogen-bond acceptors (Lipinski definition) is 9. The summed E-state index contributed by atoms with van der Waals surface area (Å²) in [4.78, 5) is 31.6. The van der Waals surface area contributed by atoms with Crippen LogP contribution in [0, 0.1) is 0 Å². The second-order valence-corrected chi connectivity index (χ2v) is 9.99. The number of nitrogens with zero attached hydrogens (tertiary/aromatic N) is 7. The van der Waals surface area contributed by atoms with Gasteiger partial charge >= 0.3 is 6.09 Å². The lowest BCUT2D eigenvalue weighted by Gasteiger charge is -2.25. The highest BCUT2D eigenvalue weighted by atomic mass is 32.2. The lowest BCUT2D eigenvalue weighted by atomic mass is 10.2. The largest absolute Gasteiger partial charge is 0.593 e. The predicted octanol–water partition coefficient (Wildman–Crippen LogP) is 4.02. The van der Waals surface area contributed by atoms with Gasteiger partial charge in [0.1, 0.15) is 5.60 Å². The van der Waals surface area contributed by atoms with Crippen molar-refractivity contribution in [3.05, 3.63) is 72.9 Å². The molecule has 3 heterocycles. The van der Waals surface area contributed by atoms with Crippen molar-refractivity contribution in [2.75, 3.05) is 9.62 Å². The number of benzene rings is 1. The lowest BCUT2D eigenvalue weighted by Crippen LogP contribution is -2.34. The molecule has 36 heavy (non-hydrogen) atoms. The van der Waals surface area contributed by atoms with E-state index < -0.39 is 23.1 Å². The highest BCUT2D eigenvalue weighted by Crippen LogP contribution is 2.26. The molecule has 12 heteroatoms. The van der Waals surface area contributed by atoms with E-state index >= 15 is 0 Å². The number of nitrogens with one attached hydrogen (secondary N) is 1. The second-order valence-electron chi connectivity index (χ2n) is 8.80. The third kappa shape index (κ3) is 6.55. The number of amides is 1. The fourth-order valence-corrected chi connectivity index (χ4v) is 4.00. The van der Waals surface area contributed by atoms with Crippen molar-refractivity contribution >= 4 is 35.0 Å². The van der Waals surface area contributed by atoms with Crippen LogP contribution in [0.2, 0.25) is 0 Å². The molecule has 11 nitrogen and oxygen atoms in total. The van der Waals surface area contributed by atoms with E-state index in [0.717, 1.165) is 5.56 Å². The molecule has 3 aromatic heterocycles. The monoisotopic (exact) mass is 506 g/mol. The van der Waals surface area contributed by atoms with Crippen LogP contribution in [-0.2, 0) is 28.9 Å². The van der Waals surface area contributed by atoms with Crippen molar-refractivity contribution in [2.45, 2.75) is 32.1 Å². The van der Waals surface area contributed by atoms with Crippen molar-refractivity contribution in [2.24, 2.45) is 7.05 Å². The highest BCUT2D eigenvalue weighted by Gasteiger charge is 2.28. The molecule has 1 unspecified atom stereocenters. The zero-order valence-electron chi connectivity index (χ0n) is 20.3. The molecule has 4 aromatic rings. The number of hydrogen-bond donors (Lipinski definition) is 1. The summed E-state index contributed by atoms with van der Waals surface area (Å²) in [6, 6.07) is 11.2. The number of carbonyl (C=O) groups excluding carboxylic acids is 1. The van der Waals surface area contributed by atoms with Crippen LogP contribution in [0.5, 0.6) is 0 Å². The van der Waals surface area contributed by atoms with Gasteiger partial charge in [0.05, 0.1) is 28.9 Å². The van der Waals surface area contributed by atoms with Crippen LogP contribution in [0.3, 0.4) is 0 Å². The van der Waals surface area contributed by atoms with Crippen molar-refractivity contribution in [1.29, 1.82) is 0 Å². The quantitative estimate of drug-likeness (QED) is 0.369. The number of rotatable bonds is 7. The van der Waals surface area contributed by atoms with Gasteiger partial charge in [-0.05, 0) is 26.8 Å². The van der Waals surface area contributed by atoms with Crippen LogP contribution in [0.1, 0.15) is 26.3 Å². The summed E-state index contributed by atoms with van der Waals surface area (Å²) in [5, 5.41) is 4.14. The van der Waals surface area contributed by atoms with E-state index in [1.54, 1.807) is 57.2 Å². The molecule has 4 rings (SSSR count). The van der Waals surface area contributed by atoms with Crippen LogP contribution in [0.15, 0.2) is 67.4 Å². The van der Waals surface area contributed by atoms with Crippen LogP contribution < -0.4 is 9.62 Å². The molecule has 0 saturated heterocycles. The Morgan fingerprint density at radius 3 is 2.47 bits per heavy atom.